The maximum atomic E-state index is 13.4. The molecule has 1 saturated heterocycles. The highest BCUT2D eigenvalue weighted by Gasteiger charge is 2.23. The van der Waals surface area contributed by atoms with Gasteiger partial charge in [-0.3, -0.25) is 9.89 Å². The van der Waals surface area contributed by atoms with Crippen molar-refractivity contribution in [3.63, 3.8) is 0 Å². The number of rotatable bonds is 7. The van der Waals surface area contributed by atoms with Crippen molar-refractivity contribution in [1.29, 1.82) is 0 Å². The lowest BCUT2D eigenvalue weighted by Gasteiger charge is -2.35. The van der Waals surface area contributed by atoms with Gasteiger partial charge in [0.25, 0.3) is 0 Å². The molecule has 3 rings (SSSR count). The van der Waals surface area contributed by atoms with Gasteiger partial charge in [0.1, 0.15) is 5.82 Å². The molecule has 10 heteroatoms. The van der Waals surface area contributed by atoms with Gasteiger partial charge >= 0.3 is 0 Å². The van der Waals surface area contributed by atoms with Crippen LogP contribution < -0.4 is 15.8 Å². The Balaban J connectivity index is 1.64. The average Bonchev–Trinajstić information content (AvgIpc) is 2.77. The molecule has 1 heterocycles. The Morgan fingerprint density at radius 2 is 1.90 bits per heavy atom. The number of nitrogens with two attached hydrogens (primary N) is 1. The van der Waals surface area contributed by atoms with E-state index in [4.69, 9.17) is 9.88 Å². The van der Waals surface area contributed by atoms with E-state index in [9.17, 15) is 12.8 Å². The molecule has 0 spiro atoms. The van der Waals surface area contributed by atoms with E-state index in [-0.39, 0.29) is 16.8 Å². The molecule has 1 atom stereocenters. The quantitative estimate of drug-likeness (QED) is 0.433. The van der Waals surface area contributed by atoms with E-state index < -0.39 is 10.0 Å². The summed E-state index contributed by atoms with van der Waals surface area (Å²) in [7, 11) is -2.09. The average molecular weight is 450 g/mol. The second-order valence-electron chi connectivity index (χ2n) is 7.21. The molecule has 0 amide bonds. The molecule has 2 aromatic rings. The van der Waals surface area contributed by atoms with E-state index in [2.05, 4.69) is 20.5 Å². The molecule has 8 nitrogen and oxygen atoms in total. The molecule has 2 aromatic carbocycles. The third kappa shape index (κ3) is 6.73. The van der Waals surface area contributed by atoms with Gasteiger partial charge in [-0.05, 0) is 35.4 Å². The van der Waals surface area contributed by atoms with Crippen molar-refractivity contribution in [3.05, 3.63) is 65.5 Å². The van der Waals surface area contributed by atoms with Crippen LogP contribution in [0.15, 0.2) is 58.4 Å². The Morgan fingerprint density at radius 1 is 1.19 bits per heavy atom. The summed E-state index contributed by atoms with van der Waals surface area (Å²) in [4.78, 5) is 6.61. The standard InChI is InChI=1S/C21H28FN5O3S/c1-24-21(25-14-16-3-2-4-19(13-16)31(23,28)29)26-15-20(27-9-11-30-12-10-27)17-5-7-18(22)8-6-17/h2-8,13,20H,9-12,14-15H2,1H3,(H2,23,28,29)(H2,24,25,26). The third-order valence-corrected chi connectivity index (χ3v) is 6.03. The van der Waals surface area contributed by atoms with Gasteiger partial charge in [-0.15, -0.1) is 0 Å². The Bertz CT molecular complexity index is 992. The minimum absolute atomic E-state index is 0.0220. The highest BCUT2D eigenvalue weighted by atomic mass is 32.2. The van der Waals surface area contributed by atoms with Crippen molar-refractivity contribution in [2.24, 2.45) is 10.1 Å². The van der Waals surface area contributed by atoms with Crippen LogP contribution in [-0.2, 0) is 21.3 Å². The number of nitrogens with zero attached hydrogens (tertiary/aromatic N) is 2. The highest BCUT2D eigenvalue weighted by Crippen LogP contribution is 2.21. The van der Waals surface area contributed by atoms with Crippen molar-refractivity contribution >= 4 is 16.0 Å². The molecule has 31 heavy (non-hydrogen) atoms. The predicted octanol–water partition coefficient (Wildman–Crippen LogP) is 1.21. The maximum absolute atomic E-state index is 13.4. The fraction of sp³-hybridized carbons (Fsp3) is 0.381. The first-order chi connectivity index (χ1) is 14.9. The summed E-state index contributed by atoms with van der Waals surface area (Å²) in [6, 6.07) is 13.0. The van der Waals surface area contributed by atoms with Crippen molar-refractivity contribution in [2.75, 3.05) is 39.9 Å². The third-order valence-electron chi connectivity index (χ3n) is 5.11. The number of nitrogens with one attached hydrogen (secondary N) is 2. The zero-order valence-corrected chi connectivity index (χ0v) is 18.2. The summed E-state index contributed by atoms with van der Waals surface area (Å²) >= 11 is 0. The van der Waals surface area contributed by atoms with Crippen molar-refractivity contribution in [2.45, 2.75) is 17.5 Å². The number of hydrogen-bond acceptors (Lipinski definition) is 5. The Hall–Kier alpha value is -2.53. The Kier molecular flexibility index (Phi) is 7.97. The van der Waals surface area contributed by atoms with Gasteiger partial charge in [0, 0.05) is 33.2 Å². The minimum atomic E-state index is -3.75. The largest absolute Gasteiger partial charge is 0.379 e. The summed E-state index contributed by atoms with van der Waals surface area (Å²) in [5.74, 6) is 0.304. The lowest BCUT2D eigenvalue weighted by atomic mass is 10.0. The summed E-state index contributed by atoms with van der Waals surface area (Å²) < 4.78 is 42.0. The maximum Gasteiger partial charge on any atom is 0.238 e. The van der Waals surface area contributed by atoms with Gasteiger partial charge in [-0.1, -0.05) is 24.3 Å². The molecular formula is C21H28FN5O3S. The van der Waals surface area contributed by atoms with Crippen molar-refractivity contribution < 1.29 is 17.5 Å². The Labute approximate surface area is 182 Å². The van der Waals surface area contributed by atoms with Gasteiger partial charge in [0.2, 0.25) is 10.0 Å². The van der Waals surface area contributed by atoms with E-state index in [0.29, 0.717) is 32.3 Å². The van der Waals surface area contributed by atoms with Crippen LogP contribution in [0.5, 0.6) is 0 Å². The summed E-state index contributed by atoms with van der Waals surface area (Å²) in [5.41, 5.74) is 1.77. The smallest absolute Gasteiger partial charge is 0.238 e. The number of guanidine groups is 1. The zero-order chi connectivity index (χ0) is 22.3. The number of benzene rings is 2. The molecule has 1 aliphatic rings. The van der Waals surface area contributed by atoms with Crippen LogP contribution in [0.3, 0.4) is 0 Å². The van der Waals surface area contributed by atoms with E-state index in [1.807, 2.05) is 6.07 Å². The van der Waals surface area contributed by atoms with Crippen LogP contribution in [0.1, 0.15) is 17.2 Å². The van der Waals surface area contributed by atoms with Gasteiger partial charge in [0.15, 0.2) is 5.96 Å². The fourth-order valence-corrected chi connectivity index (χ4v) is 4.05. The molecule has 0 saturated carbocycles. The van der Waals surface area contributed by atoms with Crippen LogP contribution in [0, 0.1) is 5.82 Å². The van der Waals surface area contributed by atoms with Crippen molar-refractivity contribution in [1.82, 2.24) is 15.5 Å². The second-order valence-corrected chi connectivity index (χ2v) is 8.78. The topological polar surface area (TPSA) is 109 Å². The zero-order valence-electron chi connectivity index (χ0n) is 17.4. The molecule has 1 unspecified atom stereocenters. The van der Waals surface area contributed by atoms with E-state index >= 15 is 0 Å². The number of ether oxygens (including phenoxy) is 1. The molecule has 1 aliphatic heterocycles. The summed E-state index contributed by atoms with van der Waals surface area (Å²) in [5, 5.41) is 11.7. The first kappa shape index (κ1) is 23.1. The number of primary sulfonamides is 1. The number of halogens is 1. The molecular weight excluding hydrogens is 421 g/mol. The van der Waals surface area contributed by atoms with Crippen LogP contribution in [0.2, 0.25) is 0 Å². The number of aliphatic imine (C=N–C) groups is 1. The first-order valence-electron chi connectivity index (χ1n) is 10.0. The molecule has 168 valence electrons. The number of sulfonamides is 1. The molecule has 0 aliphatic carbocycles. The van der Waals surface area contributed by atoms with Gasteiger partial charge < -0.3 is 15.4 Å². The summed E-state index contributed by atoms with van der Waals surface area (Å²) in [6.45, 7) is 3.83. The monoisotopic (exact) mass is 449 g/mol. The Morgan fingerprint density at radius 3 is 2.55 bits per heavy atom. The fourth-order valence-electron chi connectivity index (χ4n) is 3.46. The van der Waals surface area contributed by atoms with E-state index in [1.165, 1.54) is 24.3 Å². The molecule has 0 aromatic heterocycles. The van der Waals surface area contributed by atoms with Crippen molar-refractivity contribution in [3.8, 4) is 0 Å². The van der Waals surface area contributed by atoms with Crippen LogP contribution in [-0.4, -0.2) is 59.2 Å². The van der Waals surface area contributed by atoms with Gasteiger partial charge in [0.05, 0.1) is 24.2 Å². The number of morpholine rings is 1. The van der Waals surface area contributed by atoms with Gasteiger partial charge in [-0.2, -0.15) is 0 Å². The highest BCUT2D eigenvalue weighted by molar-refractivity contribution is 7.89. The molecule has 0 radical (unpaired) electrons. The number of hydrogen-bond donors (Lipinski definition) is 3. The summed E-state index contributed by atoms with van der Waals surface area (Å²) in [6.07, 6.45) is 0. The van der Waals surface area contributed by atoms with E-state index in [0.717, 1.165) is 24.2 Å². The normalized spacial score (nSPS) is 16.7. The second kappa shape index (κ2) is 10.7. The minimum Gasteiger partial charge on any atom is -0.379 e. The van der Waals surface area contributed by atoms with Crippen LogP contribution in [0.4, 0.5) is 4.39 Å². The lowest BCUT2D eigenvalue weighted by Crippen LogP contribution is -2.46. The van der Waals surface area contributed by atoms with Crippen LogP contribution >= 0.6 is 0 Å². The predicted molar refractivity (Wildman–Crippen MR) is 118 cm³/mol. The molecule has 0 bridgehead atoms. The SMILES string of the molecule is CN=C(NCc1cccc(S(N)(=O)=O)c1)NCC(c1ccc(F)cc1)N1CCOCC1. The lowest BCUT2D eigenvalue weighted by molar-refractivity contribution is 0.0170. The van der Waals surface area contributed by atoms with Gasteiger partial charge in [-0.25, -0.2) is 17.9 Å². The van der Waals surface area contributed by atoms with Crippen LogP contribution in [0.25, 0.3) is 0 Å². The molecule has 1 fully saturated rings. The first-order valence-corrected chi connectivity index (χ1v) is 11.5. The molecule has 4 N–H and O–H groups in total. The van der Waals surface area contributed by atoms with E-state index in [1.54, 1.807) is 25.2 Å².